The molecule has 2 heteroatoms. The van der Waals surface area contributed by atoms with Crippen LogP contribution in [0.3, 0.4) is 0 Å². The Morgan fingerprint density at radius 1 is 1.36 bits per heavy atom. The van der Waals surface area contributed by atoms with Crippen molar-refractivity contribution in [3.8, 4) is 0 Å². The third kappa shape index (κ3) is 3.25. The monoisotopic (exact) mass is 198 g/mol. The predicted molar refractivity (Wildman–Crippen MR) is 62.6 cm³/mol. The molecule has 0 aromatic rings. The van der Waals surface area contributed by atoms with E-state index in [9.17, 15) is 0 Å². The summed E-state index contributed by atoms with van der Waals surface area (Å²) in [4.78, 5) is 2.68. The number of hydrogen-bond donors (Lipinski definition) is 1. The van der Waals surface area contributed by atoms with Crippen LogP contribution < -0.4 is 5.32 Å². The number of hydrogen-bond acceptors (Lipinski definition) is 2. The molecule has 1 aliphatic heterocycles. The van der Waals surface area contributed by atoms with Crippen LogP contribution in [-0.4, -0.2) is 36.6 Å². The third-order valence-electron chi connectivity index (χ3n) is 3.41. The Hall–Kier alpha value is -0.0800. The number of nitrogens with one attached hydrogen (secondary N) is 1. The van der Waals surface area contributed by atoms with Crippen LogP contribution in [0.5, 0.6) is 0 Å². The largest absolute Gasteiger partial charge is 0.313 e. The van der Waals surface area contributed by atoms with E-state index in [0.29, 0.717) is 6.04 Å². The molecule has 1 heterocycles. The topological polar surface area (TPSA) is 15.3 Å². The smallest absolute Gasteiger partial charge is 0.0192 e. The van der Waals surface area contributed by atoms with E-state index in [1.54, 1.807) is 0 Å². The van der Waals surface area contributed by atoms with E-state index in [1.165, 1.54) is 38.8 Å². The van der Waals surface area contributed by atoms with Gasteiger partial charge in [-0.25, -0.2) is 0 Å². The molecular formula is C12H26N2. The van der Waals surface area contributed by atoms with E-state index >= 15 is 0 Å². The summed E-state index contributed by atoms with van der Waals surface area (Å²) < 4.78 is 0. The van der Waals surface area contributed by atoms with E-state index in [2.05, 4.69) is 31.0 Å². The van der Waals surface area contributed by atoms with Gasteiger partial charge in [-0.05, 0) is 38.8 Å². The first-order chi connectivity index (χ1) is 6.81. The molecule has 0 radical (unpaired) electrons. The van der Waals surface area contributed by atoms with Gasteiger partial charge in [0.1, 0.15) is 0 Å². The van der Waals surface area contributed by atoms with E-state index in [1.807, 2.05) is 0 Å². The van der Waals surface area contributed by atoms with Gasteiger partial charge < -0.3 is 5.32 Å². The highest BCUT2D eigenvalue weighted by Crippen LogP contribution is 2.19. The van der Waals surface area contributed by atoms with Crippen LogP contribution in [0, 0.1) is 0 Å². The Kier molecular flexibility index (Phi) is 5.49. The molecule has 2 nitrogen and oxygen atoms in total. The summed E-state index contributed by atoms with van der Waals surface area (Å²) in [5.74, 6) is 0. The molecule has 0 spiro atoms. The Balaban J connectivity index is 2.32. The molecule has 14 heavy (non-hydrogen) atoms. The normalized spacial score (nSPS) is 25.5. The molecule has 2 atom stereocenters. The molecule has 1 N–H and O–H groups in total. The van der Waals surface area contributed by atoms with Gasteiger partial charge in [-0.3, -0.25) is 4.90 Å². The zero-order chi connectivity index (χ0) is 10.4. The van der Waals surface area contributed by atoms with Crippen molar-refractivity contribution in [3.63, 3.8) is 0 Å². The molecular weight excluding hydrogens is 172 g/mol. The highest BCUT2D eigenvalue weighted by Gasteiger charge is 2.24. The molecule has 0 bridgehead atoms. The Bertz CT molecular complexity index is 147. The van der Waals surface area contributed by atoms with Crippen LogP contribution >= 0.6 is 0 Å². The minimum absolute atomic E-state index is 0.701. The van der Waals surface area contributed by atoms with Gasteiger partial charge in [0.25, 0.3) is 0 Å². The fourth-order valence-electron chi connectivity index (χ4n) is 2.51. The van der Waals surface area contributed by atoms with Crippen molar-refractivity contribution in [1.29, 1.82) is 0 Å². The Morgan fingerprint density at radius 2 is 2.14 bits per heavy atom. The lowest BCUT2D eigenvalue weighted by molar-refractivity contribution is 0.218. The molecule has 0 amide bonds. The maximum atomic E-state index is 3.56. The number of rotatable bonds is 6. The first kappa shape index (κ1) is 12.0. The van der Waals surface area contributed by atoms with Gasteiger partial charge in [-0.1, -0.05) is 20.8 Å². The predicted octanol–water partition coefficient (Wildman–Crippen LogP) is 2.25. The van der Waals surface area contributed by atoms with Gasteiger partial charge in [-0.15, -0.1) is 0 Å². The zero-order valence-electron chi connectivity index (χ0n) is 10.1. The van der Waals surface area contributed by atoms with Crippen LogP contribution in [0.1, 0.15) is 46.5 Å². The number of nitrogens with zero attached hydrogens (tertiary/aromatic N) is 1. The molecule has 1 aliphatic rings. The second kappa shape index (κ2) is 6.41. The van der Waals surface area contributed by atoms with Crippen molar-refractivity contribution in [2.45, 2.75) is 58.5 Å². The summed E-state index contributed by atoms with van der Waals surface area (Å²) in [6.07, 6.45) is 5.39. The SMILES string of the molecule is CCNC(CC)CN1CCCC1CC. The van der Waals surface area contributed by atoms with Crippen LogP contribution in [0.25, 0.3) is 0 Å². The third-order valence-corrected chi connectivity index (χ3v) is 3.41. The fraction of sp³-hybridized carbons (Fsp3) is 1.00. The van der Waals surface area contributed by atoms with Crippen molar-refractivity contribution in [2.75, 3.05) is 19.6 Å². The van der Waals surface area contributed by atoms with Gasteiger partial charge in [0.05, 0.1) is 0 Å². The molecule has 1 fully saturated rings. The van der Waals surface area contributed by atoms with Crippen molar-refractivity contribution in [2.24, 2.45) is 0 Å². The second-order valence-electron chi connectivity index (χ2n) is 4.36. The summed E-state index contributed by atoms with van der Waals surface area (Å²) in [6.45, 7) is 10.5. The summed E-state index contributed by atoms with van der Waals surface area (Å²) in [6, 6.07) is 1.56. The molecule has 0 aromatic carbocycles. The minimum Gasteiger partial charge on any atom is -0.313 e. The number of likely N-dealkylation sites (N-methyl/N-ethyl adjacent to an activating group) is 1. The average molecular weight is 198 g/mol. The highest BCUT2D eigenvalue weighted by atomic mass is 15.2. The van der Waals surface area contributed by atoms with Gasteiger partial charge in [0.15, 0.2) is 0 Å². The summed E-state index contributed by atoms with van der Waals surface area (Å²) in [7, 11) is 0. The van der Waals surface area contributed by atoms with Crippen molar-refractivity contribution in [3.05, 3.63) is 0 Å². The Morgan fingerprint density at radius 3 is 2.71 bits per heavy atom. The Labute approximate surface area is 89.1 Å². The van der Waals surface area contributed by atoms with Crippen molar-refractivity contribution >= 4 is 0 Å². The fourth-order valence-corrected chi connectivity index (χ4v) is 2.51. The molecule has 0 saturated carbocycles. The summed E-state index contributed by atoms with van der Waals surface area (Å²) in [5.41, 5.74) is 0. The van der Waals surface area contributed by atoms with Crippen molar-refractivity contribution < 1.29 is 0 Å². The summed E-state index contributed by atoms with van der Waals surface area (Å²) in [5, 5.41) is 3.56. The van der Waals surface area contributed by atoms with Crippen LogP contribution in [0.2, 0.25) is 0 Å². The molecule has 1 rings (SSSR count). The van der Waals surface area contributed by atoms with Crippen molar-refractivity contribution in [1.82, 2.24) is 10.2 Å². The maximum absolute atomic E-state index is 3.56. The molecule has 84 valence electrons. The van der Waals surface area contributed by atoms with E-state index in [4.69, 9.17) is 0 Å². The first-order valence-corrected chi connectivity index (χ1v) is 6.29. The highest BCUT2D eigenvalue weighted by molar-refractivity contribution is 4.81. The summed E-state index contributed by atoms with van der Waals surface area (Å²) >= 11 is 0. The standard InChI is InChI=1S/C12H26N2/c1-4-11(13-6-3)10-14-9-7-8-12(14)5-2/h11-13H,4-10H2,1-3H3. The first-order valence-electron chi connectivity index (χ1n) is 6.29. The van der Waals surface area contributed by atoms with Crippen LogP contribution in [-0.2, 0) is 0 Å². The van der Waals surface area contributed by atoms with Gasteiger partial charge in [0.2, 0.25) is 0 Å². The molecule has 0 aliphatic carbocycles. The lowest BCUT2D eigenvalue weighted by Gasteiger charge is -2.28. The van der Waals surface area contributed by atoms with Gasteiger partial charge >= 0.3 is 0 Å². The van der Waals surface area contributed by atoms with E-state index in [-0.39, 0.29) is 0 Å². The van der Waals surface area contributed by atoms with Crippen LogP contribution in [0.4, 0.5) is 0 Å². The van der Waals surface area contributed by atoms with Gasteiger partial charge in [-0.2, -0.15) is 0 Å². The lowest BCUT2D eigenvalue weighted by Crippen LogP contribution is -2.42. The molecule has 1 saturated heterocycles. The second-order valence-corrected chi connectivity index (χ2v) is 4.36. The quantitative estimate of drug-likeness (QED) is 0.704. The minimum atomic E-state index is 0.701. The van der Waals surface area contributed by atoms with E-state index < -0.39 is 0 Å². The average Bonchev–Trinajstić information content (AvgIpc) is 2.64. The van der Waals surface area contributed by atoms with Gasteiger partial charge in [0, 0.05) is 18.6 Å². The number of likely N-dealkylation sites (tertiary alicyclic amines) is 1. The van der Waals surface area contributed by atoms with E-state index in [0.717, 1.165) is 12.6 Å². The molecule has 2 unspecified atom stereocenters. The maximum Gasteiger partial charge on any atom is 0.0192 e. The lowest BCUT2D eigenvalue weighted by atomic mass is 10.1. The molecule has 0 aromatic heterocycles. The van der Waals surface area contributed by atoms with Crippen LogP contribution in [0.15, 0.2) is 0 Å². The zero-order valence-corrected chi connectivity index (χ0v) is 10.1.